The quantitative estimate of drug-likeness (QED) is 0.881. The first-order chi connectivity index (χ1) is 10.8. The molecule has 22 heavy (non-hydrogen) atoms. The number of methoxy groups -OCH3 is 1. The maximum absolute atomic E-state index is 10.6. The summed E-state index contributed by atoms with van der Waals surface area (Å²) in [5, 5.41) is 10.6. The predicted molar refractivity (Wildman–Crippen MR) is 83.9 cm³/mol. The molecule has 2 aromatic carbocycles. The van der Waals surface area contributed by atoms with Crippen LogP contribution in [0.15, 0.2) is 54.6 Å². The average Bonchev–Trinajstić information content (AvgIpc) is 3.38. The van der Waals surface area contributed by atoms with Crippen LogP contribution in [0.2, 0.25) is 0 Å². The Labute approximate surface area is 129 Å². The molecule has 1 N–H and O–H groups in total. The van der Waals surface area contributed by atoms with E-state index in [1.54, 1.807) is 7.11 Å². The first kappa shape index (κ1) is 13.6. The minimum atomic E-state index is -0.498. The van der Waals surface area contributed by atoms with Crippen LogP contribution < -0.4 is 9.64 Å². The van der Waals surface area contributed by atoms with E-state index in [2.05, 4.69) is 17.0 Å². The molecule has 2 aromatic rings. The Morgan fingerprint density at radius 2 is 1.77 bits per heavy atom. The maximum atomic E-state index is 10.6. The summed E-state index contributed by atoms with van der Waals surface area (Å²) in [5.41, 5.74) is 2.21. The topological polar surface area (TPSA) is 45.2 Å². The Balaban J connectivity index is 1.68. The van der Waals surface area contributed by atoms with E-state index in [-0.39, 0.29) is 18.1 Å². The molecular weight excluding hydrogens is 278 g/mol. The van der Waals surface area contributed by atoms with Gasteiger partial charge in [-0.25, -0.2) is 0 Å². The minimum Gasteiger partial charge on any atom is -0.497 e. The van der Waals surface area contributed by atoms with Crippen LogP contribution in [0.5, 0.6) is 5.75 Å². The van der Waals surface area contributed by atoms with Gasteiger partial charge in [0.2, 0.25) is 0 Å². The second-order valence-corrected chi connectivity index (χ2v) is 5.82. The third-order valence-corrected chi connectivity index (χ3v) is 4.59. The molecule has 2 fully saturated rings. The van der Waals surface area contributed by atoms with Gasteiger partial charge in [-0.15, -0.1) is 0 Å². The second-order valence-electron chi connectivity index (χ2n) is 5.82. The molecule has 0 aromatic heterocycles. The number of para-hydroxylation sites is 1. The van der Waals surface area contributed by atoms with Crippen molar-refractivity contribution < 1.29 is 14.6 Å². The van der Waals surface area contributed by atoms with E-state index in [9.17, 15) is 5.11 Å². The van der Waals surface area contributed by atoms with Crippen LogP contribution in [0.1, 0.15) is 11.6 Å². The number of benzene rings is 2. The van der Waals surface area contributed by atoms with Crippen LogP contribution in [0, 0.1) is 5.92 Å². The molecule has 0 bridgehead atoms. The zero-order valence-corrected chi connectivity index (χ0v) is 12.4. The fourth-order valence-electron chi connectivity index (χ4n) is 3.37. The van der Waals surface area contributed by atoms with Gasteiger partial charge in [0.25, 0.3) is 0 Å². The molecule has 4 atom stereocenters. The van der Waals surface area contributed by atoms with Gasteiger partial charge in [0.05, 0.1) is 31.8 Å². The first-order valence-electron chi connectivity index (χ1n) is 7.56. The molecule has 4 rings (SSSR count). The summed E-state index contributed by atoms with van der Waals surface area (Å²) in [7, 11) is 1.67. The van der Waals surface area contributed by atoms with Crippen molar-refractivity contribution in [2.45, 2.75) is 18.4 Å². The van der Waals surface area contributed by atoms with Crippen LogP contribution in [0.3, 0.4) is 0 Å². The number of anilines is 1. The molecule has 114 valence electrons. The van der Waals surface area contributed by atoms with Crippen LogP contribution in [0.4, 0.5) is 5.69 Å². The van der Waals surface area contributed by atoms with Crippen molar-refractivity contribution in [2.75, 3.05) is 18.6 Å². The van der Waals surface area contributed by atoms with E-state index < -0.39 is 6.23 Å². The van der Waals surface area contributed by atoms with E-state index in [1.807, 2.05) is 42.5 Å². The lowest BCUT2D eigenvalue weighted by molar-refractivity contribution is -0.00948. The van der Waals surface area contributed by atoms with Crippen molar-refractivity contribution in [1.29, 1.82) is 0 Å². The highest BCUT2D eigenvalue weighted by molar-refractivity contribution is 5.54. The Bertz CT molecular complexity index is 639. The number of hydrogen-bond donors (Lipinski definition) is 1. The molecule has 2 aliphatic heterocycles. The largest absolute Gasteiger partial charge is 0.497 e. The molecule has 2 saturated heterocycles. The van der Waals surface area contributed by atoms with Crippen LogP contribution >= 0.6 is 0 Å². The highest BCUT2D eigenvalue weighted by Crippen LogP contribution is 2.50. The lowest BCUT2D eigenvalue weighted by Crippen LogP contribution is -2.60. The van der Waals surface area contributed by atoms with Crippen molar-refractivity contribution in [2.24, 2.45) is 5.92 Å². The molecule has 0 radical (unpaired) electrons. The number of aliphatic hydroxyl groups is 1. The predicted octanol–water partition coefficient (Wildman–Crippen LogP) is 2.59. The van der Waals surface area contributed by atoms with Gasteiger partial charge in [-0.05, 0) is 29.8 Å². The van der Waals surface area contributed by atoms with Gasteiger partial charge in [0, 0.05) is 5.69 Å². The Hall–Kier alpha value is -2.04. The molecule has 2 heterocycles. The van der Waals surface area contributed by atoms with Gasteiger partial charge in [-0.1, -0.05) is 30.3 Å². The zero-order chi connectivity index (χ0) is 15.1. The Kier molecular flexibility index (Phi) is 3.28. The van der Waals surface area contributed by atoms with Crippen LogP contribution in [-0.2, 0) is 4.74 Å². The smallest absolute Gasteiger partial charge is 0.135 e. The number of epoxide rings is 1. The molecule has 4 heteroatoms. The molecule has 0 aliphatic carbocycles. The standard InChI is InChI=1S/C18H19NO3/c1-21-14-9-7-12(8-10-14)17-16(15-11-22-15)18(20)19(17)13-5-3-2-4-6-13/h2-10,15-18,20H,11H2,1H3/t15-,16+,17+,18?/m0/s1. The van der Waals surface area contributed by atoms with E-state index in [0.717, 1.165) is 18.0 Å². The Morgan fingerprint density at radius 3 is 2.36 bits per heavy atom. The summed E-state index contributed by atoms with van der Waals surface area (Å²) >= 11 is 0. The molecule has 4 nitrogen and oxygen atoms in total. The molecule has 0 saturated carbocycles. The van der Waals surface area contributed by atoms with Crippen molar-refractivity contribution >= 4 is 5.69 Å². The fourth-order valence-corrected chi connectivity index (χ4v) is 3.37. The molecule has 0 amide bonds. The van der Waals surface area contributed by atoms with Crippen LogP contribution in [-0.4, -0.2) is 31.2 Å². The normalized spacial score (nSPS) is 29.8. The van der Waals surface area contributed by atoms with Crippen LogP contribution in [0.25, 0.3) is 0 Å². The van der Waals surface area contributed by atoms with Gasteiger partial charge in [-0.3, -0.25) is 0 Å². The van der Waals surface area contributed by atoms with E-state index in [1.165, 1.54) is 5.56 Å². The average molecular weight is 297 g/mol. The third kappa shape index (κ3) is 2.16. The summed E-state index contributed by atoms with van der Waals surface area (Å²) in [6, 6.07) is 18.2. The van der Waals surface area contributed by atoms with Crippen molar-refractivity contribution in [3.8, 4) is 5.75 Å². The third-order valence-electron chi connectivity index (χ3n) is 4.59. The SMILES string of the molecule is COc1ccc([C@@H]2[C@@H]([C@@H]3CO3)C(O)N2c2ccccc2)cc1. The highest BCUT2D eigenvalue weighted by Gasteiger charge is 2.55. The monoisotopic (exact) mass is 297 g/mol. The van der Waals surface area contributed by atoms with Gasteiger partial charge < -0.3 is 19.5 Å². The summed E-state index contributed by atoms with van der Waals surface area (Å²) in [6.45, 7) is 0.747. The maximum Gasteiger partial charge on any atom is 0.135 e. The molecular formula is C18H19NO3. The van der Waals surface area contributed by atoms with E-state index in [0.29, 0.717) is 0 Å². The highest BCUT2D eigenvalue weighted by atomic mass is 16.6. The zero-order valence-electron chi connectivity index (χ0n) is 12.4. The summed E-state index contributed by atoms with van der Waals surface area (Å²) in [6.07, 6.45) is -0.330. The summed E-state index contributed by atoms with van der Waals surface area (Å²) in [5.74, 6) is 0.961. The van der Waals surface area contributed by atoms with Crippen molar-refractivity contribution in [1.82, 2.24) is 0 Å². The lowest BCUT2D eigenvalue weighted by Gasteiger charge is -2.53. The van der Waals surface area contributed by atoms with Crippen molar-refractivity contribution in [3.05, 3.63) is 60.2 Å². The fraction of sp³-hybridized carbons (Fsp3) is 0.333. The summed E-state index contributed by atoms with van der Waals surface area (Å²) < 4.78 is 10.7. The Morgan fingerprint density at radius 1 is 1.09 bits per heavy atom. The molecule has 1 unspecified atom stereocenters. The molecule has 2 aliphatic rings. The summed E-state index contributed by atoms with van der Waals surface area (Å²) in [4.78, 5) is 2.06. The van der Waals surface area contributed by atoms with Gasteiger partial charge >= 0.3 is 0 Å². The first-order valence-corrected chi connectivity index (χ1v) is 7.56. The second kappa shape index (κ2) is 5.30. The number of rotatable bonds is 4. The van der Waals surface area contributed by atoms with Gasteiger partial charge in [0.1, 0.15) is 12.0 Å². The van der Waals surface area contributed by atoms with Crippen molar-refractivity contribution in [3.63, 3.8) is 0 Å². The number of ether oxygens (including phenoxy) is 2. The van der Waals surface area contributed by atoms with Gasteiger partial charge in [0.15, 0.2) is 0 Å². The minimum absolute atomic E-state index is 0.119. The number of nitrogens with zero attached hydrogens (tertiary/aromatic N) is 1. The van der Waals surface area contributed by atoms with E-state index in [4.69, 9.17) is 9.47 Å². The lowest BCUT2D eigenvalue weighted by atomic mass is 9.78. The van der Waals surface area contributed by atoms with E-state index >= 15 is 0 Å². The number of aliphatic hydroxyl groups excluding tert-OH is 1. The van der Waals surface area contributed by atoms with Gasteiger partial charge in [-0.2, -0.15) is 0 Å². The number of hydrogen-bond acceptors (Lipinski definition) is 4. The molecule has 0 spiro atoms.